The van der Waals surface area contributed by atoms with Gasteiger partial charge in [0, 0.05) is 0 Å². The highest BCUT2D eigenvalue weighted by Gasteiger charge is 2.25. The molecule has 1 N–H and O–H groups in total. The van der Waals surface area contributed by atoms with Crippen molar-refractivity contribution < 1.29 is 5.11 Å². The maximum Gasteiger partial charge on any atom is 0.0819 e. The van der Waals surface area contributed by atoms with Gasteiger partial charge in [-0.15, -0.1) is 0 Å². The molecule has 1 saturated heterocycles. The van der Waals surface area contributed by atoms with Gasteiger partial charge in [0.15, 0.2) is 0 Å². The Morgan fingerprint density at radius 3 is 2.47 bits per heavy atom. The fourth-order valence-corrected chi connectivity index (χ4v) is 2.73. The molecule has 17 heavy (non-hydrogen) atoms. The Morgan fingerprint density at radius 1 is 1.24 bits per heavy atom. The molecule has 1 unspecified atom stereocenters. The highest BCUT2D eigenvalue weighted by atomic mass is 16.3. The van der Waals surface area contributed by atoms with Crippen LogP contribution < -0.4 is 0 Å². The van der Waals surface area contributed by atoms with Crippen molar-refractivity contribution in [1.29, 1.82) is 0 Å². The first-order valence-electron chi connectivity index (χ1n) is 6.76. The molecule has 1 aliphatic heterocycles. The van der Waals surface area contributed by atoms with Crippen molar-refractivity contribution in [3.63, 3.8) is 0 Å². The molecule has 1 fully saturated rings. The summed E-state index contributed by atoms with van der Waals surface area (Å²) in [4.78, 5) is 2.51. The molecule has 2 nitrogen and oxygen atoms in total. The van der Waals surface area contributed by atoms with Crippen LogP contribution in [0.15, 0.2) is 30.3 Å². The van der Waals surface area contributed by atoms with E-state index >= 15 is 0 Å². The van der Waals surface area contributed by atoms with E-state index in [-0.39, 0.29) is 6.10 Å². The number of aliphatic hydroxyl groups excluding tert-OH is 1. The molecule has 0 saturated carbocycles. The van der Waals surface area contributed by atoms with Gasteiger partial charge < -0.3 is 10.0 Å². The third-order valence-electron chi connectivity index (χ3n) is 3.76. The molecular weight excluding hydrogens is 210 g/mol. The van der Waals surface area contributed by atoms with E-state index in [9.17, 15) is 5.11 Å². The van der Waals surface area contributed by atoms with Gasteiger partial charge in [0.2, 0.25) is 0 Å². The molecule has 94 valence electrons. The second-order valence-electron chi connectivity index (χ2n) is 5.03. The Balaban J connectivity index is 1.88. The quantitative estimate of drug-likeness (QED) is 0.864. The van der Waals surface area contributed by atoms with Gasteiger partial charge in [0.05, 0.1) is 6.10 Å². The second kappa shape index (κ2) is 6.18. The van der Waals surface area contributed by atoms with Crippen LogP contribution in [0.2, 0.25) is 0 Å². The average molecular weight is 233 g/mol. The molecule has 2 rings (SSSR count). The van der Waals surface area contributed by atoms with Crippen LogP contribution >= 0.6 is 0 Å². The maximum absolute atomic E-state index is 10.3. The van der Waals surface area contributed by atoms with Crippen LogP contribution in [0.1, 0.15) is 37.9 Å². The van der Waals surface area contributed by atoms with Gasteiger partial charge in [-0.3, -0.25) is 0 Å². The van der Waals surface area contributed by atoms with Crippen LogP contribution in [0.25, 0.3) is 0 Å². The van der Waals surface area contributed by atoms with Gasteiger partial charge in [-0.25, -0.2) is 0 Å². The van der Waals surface area contributed by atoms with Crippen molar-refractivity contribution in [2.45, 2.75) is 32.3 Å². The summed E-state index contributed by atoms with van der Waals surface area (Å²) < 4.78 is 0. The predicted octanol–water partition coefficient (Wildman–Crippen LogP) is 2.84. The summed E-state index contributed by atoms with van der Waals surface area (Å²) in [5.74, 6) is 0.436. The zero-order valence-corrected chi connectivity index (χ0v) is 10.7. The van der Waals surface area contributed by atoms with Crippen LogP contribution in [0, 0.1) is 5.92 Å². The van der Waals surface area contributed by atoms with E-state index in [1.54, 1.807) is 0 Å². The first kappa shape index (κ1) is 12.6. The minimum absolute atomic E-state index is 0.278. The topological polar surface area (TPSA) is 23.5 Å². The van der Waals surface area contributed by atoms with Crippen molar-refractivity contribution in [1.82, 2.24) is 4.90 Å². The Labute approximate surface area is 104 Å². The Bertz CT molecular complexity index is 317. The lowest BCUT2D eigenvalue weighted by Crippen LogP contribution is -2.36. The Kier molecular flexibility index (Phi) is 4.57. The number of piperidine rings is 1. The molecule has 1 aromatic rings. The molecule has 1 heterocycles. The number of aliphatic hydroxyl groups is 1. The zero-order chi connectivity index (χ0) is 12.1. The largest absolute Gasteiger partial charge is 0.388 e. The lowest BCUT2D eigenvalue weighted by atomic mass is 9.87. The Hall–Kier alpha value is -0.860. The van der Waals surface area contributed by atoms with E-state index in [1.165, 1.54) is 13.0 Å². The summed E-state index contributed by atoms with van der Waals surface area (Å²) in [5.41, 5.74) is 1.07. The van der Waals surface area contributed by atoms with Gasteiger partial charge in [0.25, 0.3) is 0 Å². The second-order valence-corrected chi connectivity index (χ2v) is 5.03. The summed E-state index contributed by atoms with van der Waals surface area (Å²) in [6.45, 7) is 5.71. The minimum atomic E-state index is -0.278. The van der Waals surface area contributed by atoms with Gasteiger partial charge in [-0.2, -0.15) is 0 Å². The molecule has 2 heteroatoms. The van der Waals surface area contributed by atoms with Crippen molar-refractivity contribution in [3.05, 3.63) is 35.9 Å². The maximum atomic E-state index is 10.3. The number of likely N-dealkylation sites (tertiary alicyclic amines) is 1. The molecule has 0 aliphatic carbocycles. The lowest BCUT2D eigenvalue weighted by Gasteiger charge is -2.34. The fraction of sp³-hybridized carbons (Fsp3) is 0.600. The number of hydrogen-bond donors (Lipinski definition) is 1. The Morgan fingerprint density at radius 2 is 1.88 bits per heavy atom. The van der Waals surface area contributed by atoms with Gasteiger partial charge in [0.1, 0.15) is 0 Å². The summed E-state index contributed by atoms with van der Waals surface area (Å²) in [6.07, 6.45) is 3.19. The smallest absolute Gasteiger partial charge is 0.0819 e. The van der Waals surface area contributed by atoms with Crippen LogP contribution in [0.4, 0.5) is 0 Å². The van der Waals surface area contributed by atoms with Crippen molar-refractivity contribution in [2.24, 2.45) is 5.92 Å². The monoisotopic (exact) mass is 233 g/mol. The lowest BCUT2D eigenvalue weighted by molar-refractivity contribution is 0.0589. The molecule has 0 bridgehead atoms. The van der Waals surface area contributed by atoms with E-state index < -0.39 is 0 Å². The molecular formula is C15H23NO. The SMILES string of the molecule is CCCN1CCC(C(O)c2ccccc2)CC1. The van der Waals surface area contributed by atoms with Crippen molar-refractivity contribution in [2.75, 3.05) is 19.6 Å². The summed E-state index contributed by atoms with van der Waals surface area (Å²) >= 11 is 0. The third kappa shape index (κ3) is 3.30. The molecule has 1 atom stereocenters. The van der Waals surface area contributed by atoms with E-state index in [0.717, 1.165) is 31.5 Å². The third-order valence-corrected chi connectivity index (χ3v) is 3.76. The zero-order valence-electron chi connectivity index (χ0n) is 10.7. The minimum Gasteiger partial charge on any atom is -0.388 e. The van der Waals surface area contributed by atoms with Crippen molar-refractivity contribution in [3.8, 4) is 0 Å². The number of nitrogens with zero attached hydrogens (tertiary/aromatic N) is 1. The van der Waals surface area contributed by atoms with Crippen molar-refractivity contribution >= 4 is 0 Å². The fourth-order valence-electron chi connectivity index (χ4n) is 2.73. The van der Waals surface area contributed by atoms with Crippen LogP contribution in [0.5, 0.6) is 0 Å². The highest BCUT2D eigenvalue weighted by Crippen LogP contribution is 2.30. The highest BCUT2D eigenvalue weighted by molar-refractivity contribution is 5.18. The number of rotatable bonds is 4. The van der Waals surface area contributed by atoms with Gasteiger partial charge in [-0.1, -0.05) is 37.3 Å². The molecule has 0 aromatic heterocycles. The van der Waals surface area contributed by atoms with Crippen LogP contribution in [-0.2, 0) is 0 Å². The molecule has 0 spiro atoms. The molecule has 0 amide bonds. The molecule has 1 aromatic carbocycles. The van der Waals surface area contributed by atoms with E-state index in [0.29, 0.717) is 5.92 Å². The predicted molar refractivity (Wildman–Crippen MR) is 70.9 cm³/mol. The van der Waals surface area contributed by atoms with E-state index in [2.05, 4.69) is 11.8 Å². The molecule has 1 aliphatic rings. The first-order chi connectivity index (χ1) is 8.31. The van der Waals surface area contributed by atoms with E-state index in [1.807, 2.05) is 30.3 Å². The number of benzene rings is 1. The summed E-state index contributed by atoms with van der Waals surface area (Å²) in [7, 11) is 0. The van der Waals surface area contributed by atoms with Gasteiger partial charge >= 0.3 is 0 Å². The van der Waals surface area contributed by atoms with E-state index in [4.69, 9.17) is 0 Å². The van der Waals surface area contributed by atoms with Gasteiger partial charge in [-0.05, 0) is 50.4 Å². The first-order valence-corrected chi connectivity index (χ1v) is 6.76. The standard InChI is InChI=1S/C15H23NO/c1-2-10-16-11-8-14(9-12-16)15(17)13-6-4-3-5-7-13/h3-7,14-15,17H,2,8-12H2,1H3. The van der Waals surface area contributed by atoms with Crippen LogP contribution in [0.3, 0.4) is 0 Å². The summed E-state index contributed by atoms with van der Waals surface area (Å²) in [5, 5.41) is 10.3. The number of hydrogen-bond acceptors (Lipinski definition) is 2. The molecule has 0 radical (unpaired) electrons. The summed E-state index contributed by atoms with van der Waals surface area (Å²) in [6, 6.07) is 10.1. The average Bonchev–Trinajstić information content (AvgIpc) is 2.40. The normalized spacial score (nSPS) is 20.4. The van der Waals surface area contributed by atoms with Crippen LogP contribution in [-0.4, -0.2) is 29.6 Å².